The zero-order valence-corrected chi connectivity index (χ0v) is 12.1. The van der Waals surface area contributed by atoms with Crippen molar-refractivity contribution < 1.29 is 8.42 Å². The lowest BCUT2D eigenvalue weighted by molar-refractivity contribution is 0.369. The van der Waals surface area contributed by atoms with Gasteiger partial charge in [0, 0.05) is 20.6 Å². The number of nitrogen functional groups attached to an aromatic ring is 1. The van der Waals surface area contributed by atoms with E-state index in [1.54, 1.807) is 14.1 Å². The van der Waals surface area contributed by atoms with Gasteiger partial charge in [0.1, 0.15) is 0 Å². The maximum atomic E-state index is 12.3. The minimum absolute atomic E-state index is 0.0389. The van der Waals surface area contributed by atoms with Crippen LogP contribution in [0.15, 0.2) is 11.4 Å². The van der Waals surface area contributed by atoms with Crippen molar-refractivity contribution in [3.63, 3.8) is 0 Å². The zero-order chi connectivity index (χ0) is 13.9. The summed E-state index contributed by atoms with van der Waals surface area (Å²) in [7, 11) is 3.51. The van der Waals surface area contributed by atoms with E-state index in [0.29, 0.717) is 6.54 Å². The van der Waals surface area contributed by atoms with E-state index in [0.717, 1.165) is 13.0 Å². The second-order valence-corrected chi connectivity index (χ2v) is 6.49. The lowest BCUT2D eigenvalue weighted by atomic mass is 10.4. The molecule has 1 heterocycles. The Bertz CT molecular complexity index is 475. The fraction of sp³-hybridized carbons (Fsp3) is 0.700. The number of anilines is 1. The minimum Gasteiger partial charge on any atom is -0.381 e. The summed E-state index contributed by atoms with van der Waals surface area (Å²) < 4.78 is 27.3. The monoisotopic (exact) mass is 275 g/mol. The molecule has 0 bridgehead atoms. The Morgan fingerprint density at radius 1 is 1.33 bits per heavy atom. The highest BCUT2D eigenvalue weighted by Gasteiger charge is 2.26. The van der Waals surface area contributed by atoms with Crippen molar-refractivity contribution >= 4 is 15.8 Å². The average molecular weight is 275 g/mol. The van der Waals surface area contributed by atoms with Crippen LogP contribution in [0.1, 0.15) is 6.42 Å². The van der Waals surface area contributed by atoms with Gasteiger partial charge < -0.3 is 15.2 Å². The van der Waals surface area contributed by atoms with Crippen molar-refractivity contribution in [2.75, 3.05) is 40.0 Å². The summed E-state index contributed by atoms with van der Waals surface area (Å²) in [5, 5.41) is 0.0508. The molecular formula is C10H21N5O2S. The van der Waals surface area contributed by atoms with E-state index in [1.165, 1.54) is 15.2 Å². The molecule has 0 aliphatic heterocycles. The van der Waals surface area contributed by atoms with E-state index in [9.17, 15) is 8.42 Å². The number of aromatic nitrogens is 2. The molecule has 0 aliphatic carbocycles. The molecular weight excluding hydrogens is 254 g/mol. The van der Waals surface area contributed by atoms with Gasteiger partial charge in [0.2, 0.25) is 0 Å². The molecule has 0 radical (unpaired) electrons. The topological polar surface area (TPSA) is 84.5 Å². The summed E-state index contributed by atoms with van der Waals surface area (Å²) in [6, 6.07) is 0. The van der Waals surface area contributed by atoms with Crippen molar-refractivity contribution in [2.24, 2.45) is 7.05 Å². The molecule has 0 aliphatic rings. The summed E-state index contributed by atoms with van der Waals surface area (Å²) in [6.07, 6.45) is 2.16. The highest BCUT2D eigenvalue weighted by Crippen LogP contribution is 2.19. The Kier molecular flexibility index (Phi) is 4.71. The van der Waals surface area contributed by atoms with Crippen molar-refractivity contribution in [3.8, 4) is 0 Å². The molecule has 0 spiro atoms. The number of hydrogen-bond acceptors (Lipinski definition) is 5. The molecule has 1 aromatic heterocycles. The molecule has 0 unspecified atom stereocenters. The minimum atomic E-state index is -3.56. The number of imidazole rings is 1. The van der Waals surface area contributed by atoms with Crippen LogP contribution < -0.4 is 5.73 Å². The van der Waals surface area contributed by atoms with Crippen LogP contribution in [-0.4, -0.2) is 61.4 Å². The number of aryl methyl sites for hydroxylation is 1. The van der Waals surface area contributed by atoms with Gasteiger partial charge in [-0.1, -0.05) is 0 Å². The average Bonchev–Trinajstić information content (AvgIpc) is 2.58. The highest BCUT2D eigenvalue weighted by atomic mass is 32.2. The van der Waals surface area contributed by atoms with Crippen LogP contribution >= 0.6 is 0 Å². The molecule has 0 amide bonds. The number of rotatable bonds is 6. The molecule has 0 saturated carbocycles. The first-order valence-corrected chi connectivity index (χ1v) is 7.08. The number of nitrogens with zero attached hydrogens (tertiary/aromatic N) is 4. The van der Waals surface area contributed by atoms with Gasteiger partial charge in [0.25, 0.3) is 10.0 Å². The number of hydrogen-bond donors (Lipinski definition) is 1. The lowest BCUT2D eigenvalue weighted by Gasteiger charge is -2.18. The van der Waals surface area contributed by atoms with Crippen LogP contribution in [0.4, 0.5) is 5.82 Å². The molecule has 0 atom stereocenters. The summed E-state index contributed by atoms with van der Waals surface area (Å²) in [6.45, 7) is 1.28. The first kappa shape index (κ1) is 14.9. The van der Waals surface area contributed by atoms with Gasteiger partial charge in [-0.05, 0) is 27.1 Å². The van der Waals surface area contributed by atoms with Crippen molar-refractivity contribution in [2.45, 2.75) is 11.4 Å². The summed E-state index contributed by atoms with van der Waals surface area (Å²) in [5.41, 5.74) is 5.60. The molecule has 8 heteroatoms. The third-order valence-electron chi connectivity index (χ3n) is 2.64. The normalized spacial score (nSPS) is 12.6. The Hall–Kier alpha value is -1.12. The Morgan fingerprint density at radius 3 is 2.39 bits per heavy atom. The van der Waals surface area contributed by atoms with Crippen LogP contribution in [0.25, 0.3) is 0 Å². The fourth-order valence-corrected chi connectivity index (χ4v) is 3.02. The second kappa shape index (κ2) is 5.68. The summed E-state index contributed by atoms with van der Waals surface area (Å²) >= 11 is 0. The fourth-order valence-electron chi connectivity index (χ4n) is 1.63. The molecule has 18 heavy (non-hydrogen) atoms. The molecule has 104 valence electrons. The maximum Gasteiger partial charge on any atom is 0.262 e. The predicted octanol–water partition coefficient (Wildman–Crippen LogP) is -0.425. The third kappa shape index (κ3) is 3.21. The van der Waals surface area contributed by atoms with Gasteiger partial charge in [-0.25, -0.2) is 13.4 Å². The third-order valence-corrected chi connectivity index (χ3v) is 4.63. The van der Waals surface area contributed by atoms with E-state index < -0.39 is 10.0 Å². The maximum absolute atomic E-state index is 12.3. The van der Waals surface area contributed by atoms with E-state index in [4.69, 9.17) is 5.73 Å². The Labute approximate surface area is 108 Å². The standard InChI is InChI=1S/C10H21N5O2S/c1-13(2)6-5-7-15(4)18(16,17)10-9(11)12-8-14(10)3/h8H,5-7,11H2,1-4H3. The molecule has 0 saturated heterocycles. The van der Waals surface area contributed by atoms with Crippen LogP contribution in [0, 0.1) is 0 Å². The largest absolute Gasteiger partial charge is 0.381 e. The van der Waals surface area contributed by atoms with E-state index in [2.05, 4.69) is 4.98 Å². The molecule has 0 aromatic carbocycles. The van der Waals surface area contributed by atoms with Gasteiger partial charge in [0.15, 0.2) is 10.8 Å². The van der Waals surface area contributed by atoms with Crippen molar-refractivity contribution in [1.82, 2.24) is 18.8 Å². The van der Waals surface area contributed by atoms with Gasteiger partial charge in [-0.2, -0.15) is 4.31 Å². The van der Waals surface area contributed by atoms with Gasteiger partial charge in [0.05, 0.1) is 6.33 Å². The van der Waals surface area contributed by atoms with Gasteiger partial charge in [-0.3, -0.25) is 0 Å². The molecule has 0 fully saturated rings. The van der Waals surface area contributed by atoms with Gasteiger partial charge in [-0.15, -0.1) is 0 Å². The quantitative estimate of drug-likeness (QED) is 0.762. The molecule has 7 nitrogen and oxygen atoms in total. The number of nitrogens with two attached hydrogens (primary N) is 1. The predicted molar refractivity (Wildman–Crippen MR) is 70.6 cm³/mol. The van der Waals surface area contributed by atoms with Crippen molar-refractivity contribution in [1.29, 1.82) is 0 Å². The van der Waals surface area contributed by atoms with E-state index >= 15 is 0 Å². The van der Waals surface area contributed by atoms with Crippen LogP contribution in [0.5, 0.6) is 0 Å². The van der Waals surface area contributed by atoms with Crippen molar-refractivity contribution in [3.05, 3.63) is 6.33 Å². The Morgan fingerprint density at radius 2 is 1.94 bits per heavy atom. The zero-order valence-electron chi connectivity index (χ0n) is 11.3. The van der Waals surface area contributed by atoms with Crippen LogP contribution in [-0.2, 0) is 17.1 Å². The summed E-state index contributed by atoms with van der Waals surface area (Å²) in [5.74, 6) is 0.0389. The molecule has 1 rings (SSSR count). The lowest BCUT2D eigenvalue weighted by Crippen LogP contribution is -2.31. The molecule has 1 aromatic rings. The smallest absolute Gasteiger partial charge is 0.262 e. The van der Waals surface area contributed by atoms with Crippen LogP contribution in [0.2, 0.25) is 0 Å². The first-order chi connectivity index (χ1) is 8.26. The SMILES string of the molecule is CN(C)CCCN(C)S(=O)(=O)c1c(N)ncn1C. The molecule has 2 N–H and O–H groups in total. The Balaban J connectivity index is 2.81. The second-order valence-electron chi connectivity index (χ2n) is 4.53. The first-order valence-electron chi connectivity index (χ1n) is 5.64. The van der Waals surface area contributed by atoms with E-state index in [1.807, 2.05) is 19.0 Å². The number of sulfonamides is 1. The van der Waals surface area contributed by atoms with Crippen LogP contribution in [0.3, 0.4) is 0 Å². The summed E-state index contributed by atoms with van der Waals surface area (Å²) in [4.78, 5) is 5.81. The van der Waals surface area contributed by atoms with E-state index in [-0.39, 0.29) is 10.8 Å². The van der Waals surface area contributed by atoms with Gasteiger partial charge >= 0.3 is 0 Å². The highest BCUT2D eigenvalue weighted by molar-refractivity contribution is 7.89.